The van der Waals surface area contributed by atoms with Gasteiger partial charge in [-0.05, 0) is 45.0 Å². The van der Waals surface area contributed by atoms with Gasteiger partial charge in [-0.2, -0.15) is 0 Å². The molecule has 110 valence electrons. The smallest absolute Gasteiger partial charge is 0.227 e. The number of carbonyl (C=O) groups is 1. The SMILES string of the molecule is Cc1nccn1-c1ccc(NC(=O)C2CCNCC2)cn1. The van der Waals surface area contributed by atoms with Gasteiger partial charge in [0.05, 0.1) is 11.9 Å². The zero-order valence-electron chi connectivity index (χ0n) is 12.0. The molecule has 0 unspecified atom stereocenters. The first kappa shape index (κ1) is 13.8. The highest BCUT2D eigenvalue weighted by Gasteiger charge is 2.20. The molecule has 0 atom stereocenters. The number of nitrogens with zero attached hydrogens (tertiary/aromatic N) is 3. The van der Waals surface area contributed by atoms with Crippen molar-refractivity contribution in [1.82, 2.24) is 19.9 Å². The Morgan fingerprint density at radius 2 is 2.14 bits per heavy atom. The number of aromatic nitrogens is 3. The molecule has 2 N–H and O–H groups in total. The van der Waals surface area contributed by atoms with Gasteiger partial charge in [0.25, 0.3) is 0 Å². The maximum atomic E-state index is 12.2. The number of hydrogen-bond donors (Lipinski definition) is 2. The maximum absolute atomic E-state index is 12.2. The third-order valence-corrected chi connectivity index (χ3v) is 3.80. The Bertz CT molecular complexity index is 613. The van der Waals surface area contributed by atoms with E-state index in [1.54, 1.807) is 12.4 Å². The Hall–Kier alpha value is -2.21. The molecule has 1 fully saturated rings. The van der Waals surface area contributed by atoms with Crippen molar-refractivity contribution in [2.24, 2.45) is 5.92 Å². The van der Waals surface area contributed by atoms with Gasteiger partial charge in [0.15, 0.2) is 0 Å². The molecule has 6 nitrogen and oxygen atoms in total. The van der Waals surface area contributed by atoms with Crippen molar-refractivity contribution >= 4 is 11.6 Å². The van der Waals surface area contributed by atoms with Gasteiger partial charge in [-0.15, -0.1) is 0 Å². The molecule has 1 saturated heterocycles. The van der Waals surface area contributed by atoms with E-state index in [-0.39, 0.29) is 11.8 Å². The minimum atomic E-state index is 0.0878. The molecule has 0 aromatic carbocycles. The summed E-state index contributed by atoms with van der Waals surface area (Å²) >= 11 is 0. The van der Waals surface area contributed by atoms with Crippen molar-refractivity contribution in [3.05, 3.63) is 36.5 Å². The molecule has 0 bridgehead atoms. The quantitative estimate of drug-likeness (QED) is 0.897. The first-order chi connectivity index (χ1) is 10.2. The molecule has 2 aromatic rings. The van der Waals surface area contributed by atoms with Crippen molar-refractivity contribution in [3.8, 4) is 5.82 Å². The van der Waals surface area contributed by atoms with E-state index in [9.17, 15) is 4.79 Å². The fourth-order valence-corrected chi connectivity index (χ4v) is 2.55. The summed E-state index contributed by atoms with van der Waals surface area (Å²) in [5.41, 5.74) is 0.736. The Morgan fingerprint density at radius 1 is 1.33 bits per heavy atom. The first-order valence-corrected chi connectivity index (χ1v) is 7.22. The highest BCUT2D eigenvalue weighted by Crippen LogP contribution is 2.16. The molecule has 3 heterocycles. The zero-order valence-corrected chi connectivity index (χ0v) is 12.0. The Balaban J connectivity index is 1.67. The van der Waals surface area contributed by atoms with Crippen LogP contribution in [-0.2, 0) is 4.79 Å². The van der Waals surface area contributed by atoms with E-state index >= 15 is 0 Å². The molecular weight excluding hydrogens is 266 g/mol. The lowest BCUT2D eigenvalue weighted by Gasteiger charge is -2.21. The van der Waals surface area contributed by atoms with Crippen LogP contribution < -0.4 is 10.6 Å². The summed E-state index contributed by atoms with van der Waals surface area (Å²) in [6.07, 6.45) is 7.08. The van der Waals surface area contributed by atoms with Crippen LogP contribution in [0.1, 0.15) is 18.7 Å². The number of anilines is 1. The largest absolute Gasteiger partial charge is 0.324 e. The average molecular weight is 285 g/mol. The Labute approximate surface area is 123 Å². The highest BCUT2D eigenvalue weighted by atomic mass is 16.1. The number of amides is 1. The van der Waals surface area contributed by atoms with Gasteiger partial charge in [-0.25, -0.2) is 9.97 Å². The summed E-state index contributed by atoms with van der Waals surface area (Å²) in [6, 6.07) is 3.76. The number of nitrogens with one attached hydrogen (secondary N) is 2. The number of pyridine rings is 1. The van der Waals surface area contributed by atoms with Crippen molar-refractivity contribution in [2.75, 3.05) is 18.4 Å². The van der Waals surface area contributed by atoms with Crippen LogP contribution in [0.4, 0.5) is 5.69 Å². The normalized spacial score (nSPS) is 15.9. The van der Waals surface area contributed by atoms with Crippen LogP contribution >= 0.6 is 0 Å². The first-order valence-electron chi connectivity index (χ1n) is 7.22. The molecule has 6 heteroatoms. The molecule has 0 saturated carbocycles. The fourth-order valence-electron chi connectivity index (χ4n) is 2.55. The molecule has 2 aromatic heterocycles. The van der Waals surface area contributed by atoms with Gasteiger partial charge in [0, 0.05) is 18.3 Å². The van der Waals surface area contributed by atoms with E-state index in [0.29, 0.717) is 0 Å². The van der Waals surface area contributed by atoms with Crippen LogP contribution in [0.3, 0.4) is 0 Å². The second-order valence-electron chi connectivity index (χ2n) is 5.26. The van der Waals surface area contributed by atoms with Gasteiger partial charge in [-0.3, -0.25) is 9.36 Å². The van der Waals surface area contributed by atoms with E-state index in [2.05, 4.69) is 20.6 Å². The van der Waals surface area contributed by atoms with Crippen molar-refractivity contribution in [3.63, 3.8) is 0 Å². The Morgan fingerprint density at radius 3 is 2.76 bits per heavy atom. The van der Waals surface area contributed by atoms with Gasteiger partial charge in [0.1, 0.15) is 11.6 Å². The van der Waals surface area contributed by atoms with Crippen molar-refractivity contribution < 1.29 is 4.79 Å². The summed E-state index contributed by atoms with van der Waals surface area (Å²) in [5, 5.41) is 6.21. The summed E-state index contributed by atoms with van der Waals surface area (Å²) in [5.74, 6) is 1.87. The van der Waals surface area contributed by atoms with Crippen LogP contribution in [0, 0.1) is 12.8 Å². The van der Waals surface area contributed by atoms with Gasteiger partial charge in [-0.1, -0.05) is 0 Å². The van der Waals surface area contributed by atoms with Crippen LogP contribution in [-0.4, -0.2) is 33.5 Å². The highest BCUT2D eigenvalue weighted by molar-refractivity contribution is 5.92. The monoisotopic (exact) mass is 285 g/mol. The topological polar surface area (TPSA) is 71.8 Å². The third kappa shape index (κ3) is 3.11. The van der Waals surface area contributed by atoms with Crippen molar-refractivity contribution in [2.45, 2.75) is 19.8 Å². The Kier molecular flexibility index (Phi) is 3.96. The number of imidazole rings is 1. The van der Waals surface area contributed by atoms with Gasteiger partial charge in [0.2, 0.25) is 5.91 Å². The third-order valence-electron chi connectivity index (χ3n) is 3.80. The van der Waals surface area contributed by atoms with Gasteiger partial charge < -0.3 is 10.6 Å². The molecular formula is C15H19N5O. The number of aryl methyl sites for hydroxylation is 1. The predicted octanol–water partition coefficient (Wildman–Crippen LogP) is 1.51. The molecule has 1 aliphatic heterocycles. The predicted molar refractivity (Wildman–Crippen MR) is 80.3 cm³/mol. The lowest BCUT2D eigenvalue weighted by molar-refractivity contribution is -0.120. The molecule has 0 radical (unpaired) electrons. The molecule has 1 aliphatic rings. The summed E-state index contributed by atoms with van der Waals surface area (Å²) in [6.45, 7) is 3.75. The number of carbonyl (C=O) groups excluding carboxylic acids is 1. The van der Waals surface area contributed by atoms with Crippen LogP contribution in [0.5, 0.6) is 0 Å². The van der Waals surface area contributed by atoms with E-state index in [1.807, 2.05) is 29.8 Å². The second-order valence-corrected chi connectivity index (χ2v) is 5.26. The minimum Gasteiger partial charge on any atom is -0.324 e. The number of piperidine rings is 1. The van der Waals surface area contributed by atoms with Crippen LogP contribution in [0.2, 0.25) is 0 Å². The van der Waals surface area contributed by atoms with Crippen molar-refractivity contribution in [1.29, 1.82) is 0 Å². The van der Waals surface area contributed by atoms with Crippen LogP contribution in [0.25, 0.3) is 5.82 Å². The molecule has 0 aliphatic carbocycles. The van der Waals surface area contributed by atoms with Crippen LogP contribution in [0.15, 0.2) is 30.7 Å². The summed E-state index contributed by atoms with van der Waals surface area (Å²) in [7, 11) is 0. The maximum Gasteiger partial charge on any atom is 0.227 e. The lowest BCUT2D eigenvalue weighted by atomic mass is 9.97. The average Bonchev–Trinajstić information content (AvgIpc) is 2.95. The fraction of sp³-hybridized carbons (Fsp3) is 0.400. The van der Waals surface area contributed by atoms with E-state index in [1.165, 1.54) is 0 Å². The minimum absolute atomic E-state index is 0.0878. The van der Waals surface area contributed by atoms with E-state index in [4.69, 9.17) is 0 Å². The standard InChI is InChI=1S/C15H19N5O/c1-11-17-8-9-20(11)14-3-2-13(10-18-14)19-15(21)12-4-6-16-7-5-12/h2-3,8-10,12,16H,4-7H2,1H3,(H,19,21). The number of rotatable bonds is 3. The molecule has 3 rings (SSSR count). The molecule has 21 heavy (non-hydrogen) atoms. The van der Waals surface area contributed by atoms with E-state index < -0.39 is 0 Å². The zero-order chi connectivity index (χ0) is 14.7. The summed E-state index contributed by atoms with van der Waals surface area (Å²) < 4.78 is 1.90. The summed E-state index contributed by atoms with van der Waals surface area (Å²) in [4.78, 5) is 20.7. The van der Waals surface area contributed by atoms with Gasteiger partial charge >= 0.3 is 0 Å². The number of hydrogen-bond acceptors (Lipinski definition) is 4. The van der Waals surface area contributed by atoms with E-state index in [0.717, 1.165) is 43.3 Å². The second kappa shape index (κ2) is 6.05. The molecule has 0 spiro atoms. The molecule has 1 amide bonds. The lowest BCUT2D eigenvalue weighted by Crippen LogP contribution is -2.34.